The summed E-state index contributed by atoms with van der Waals surface area (Å²) < 4.78 is 5.90. The molecule has 0 unspecified atom stereocenters. The first-order valence-electron chi connectivity index (χ1n) is 6.48. The van der Waals surface area contributed by atoms with Crippen LogP contribution >= 0.6 is 15.9 Å². The Morgan fingerprint density at radius 2 is 1.83 bits per heavy atom. The molecule has 9 nitrogen and oxygen atoms in total. The van der Waals surface area contributed by atoms with Gasteiger partial charge in [-0.2, -0.15) is 4.98 Å². The first-order chi connectivity index (χ1) is 11.5. The average molecular weight is 391 g/mol. The van der Waals surface area contributed by atoms with Gasteiger partial charge in [0, 0.05) is 16.1 Å². The van der Waals surface area contributed by atoms with Crippen molar-refractivity contribution in [2.45, 2.75) is 0 Å². The third kappa shape index (κ3) is 2.99. The first kappa shape index (κ1) is 15.7. The lowest BCUT2D eigenvalue weighted by molar-refractivity contribution is -0.393. The molecule has 3 rings (SSSR count). The van der Waals surface area contributed by atoms with Gasteiger partial charge in [-0.25, -0.2) is 0 Å². The number of aromatic nitrogens is 2. The van der Waals surface area contributed by atoms with E-state index < -0.39 is 21.2 Å². The maximum atomic E-state index is 11.2. The Hall–Kier alpha value is -3.14. The summed E-state index contributed by atoms with van der Waals surface area (Å²) in [6.45, 7) is 0. The van der Waals surface area contributed by atoms with Crippen LogP contribution < -0.4 is 0 Å². The van der Waals surface area contributed by atoms with Gasteiger partial charge in [-0.05, 0) is 18.2 Å². The fraction of sp³-hybridized carbons (Fsp3) is 0. The molecule has 0 aliphatic heterocycles. The molecule has 0 spiro atoms. The molecule has 2 aromatic carbocycles. The van der Waals surface area contributed by atoms with Crippen LogP contribution in [0.4, 0.5) is 11.4 Å². The largest absolute Gasteiger partial charge is 0.333 e. The molecule has 0 saturated heterocycles. The number of nitrogens with zero attached hydrogens (tertiary/aromatic N) is 4. The minimum Gasteiger partial charge on any atom is -0.333 e. The van der Waals surface area contributed by atoms with E-state index in [1.165, 1.54) is 6.07 Å². The van der Waals surface area contributed by atoms with Crippen LogP contribution in [0.2, 0.25) is 0 Å². The quantitative estimate of drug-likeness (QED) is 0.486. The second kappa shape index (κ2) is 6.16. The third-order valence-electron chi connectivity index (χ3n) is 3.13. The minimum atomic E-state index is -0.731. The normalized spacial score (nSPS) is 10.5. The number of nitro benzene ring substituents is 2. The van der Waals surface area contributed by atoms with Crippen molar-refractivity contribution in [1.82, 2.24) is 10.1 Å². The summed E-state index contributed by atoms with van der Waals surface area (Å²) in [7, 11) is 0. The van der Waals surface area contributed by atoms with Gasteiger partial charge in [0.15, 0.2) is 0 Å². The zero-order valence-electron chi connectivity index (χ0n) is 11.7. The molecule has 0 saturated carbocycles. The Balaban J connectivity index is 2.07. The van der Waals surface area contributed by atoms with Crippen LogP contribution in [0.5, 0.6) is 0 Å². The van der Waals surface area contributed by atoms with E-state index in [1.54, 1.807) is 18.2 Å². The molecule has 3 aromatic rings. The van der Waals surface area contributed by atoms with Gasteiger partial charge in [0.2, 0.25) is 5.82 Å². The van der Waals surface area contributed by atoms with Gasteiger partial charge in [-0.15, -0.1) is 0 Å². The highest BCUT2D eigenvalue weighted by molar-refractivity contribution is 9.10. The summed E-state index contributed by atoms with van der Waals surface area (Å²) >= 11 is 3.32. The van der Waals surface area contributed by atoms with Crippen molar-refractivity contribution in [2.75, 3.05) is 0 Å². The van der Waals surface area contributed by atoms with E-state index >= 15 is 0 Å². The fourth-order valence-electron chi connectivity index (χ4n) is 2.04. The number of hydrogen-bond donors (Lipinski definition) is 0. The van der Waals surface area contributed by atoms with Crippen LogP contribution in [-0.4, -0.2) is 20.0 Å². The second-order valence-electron chi connectivity index (χ2n) is 4.65. The van der Waals surface area contributed by atoms with Crippen LogP contribution in [0, 0.1) is 20.2 Å². The third-order valence-corrected chi connectivity index (χ3v) is 3.62. The monoisotopic (exact) mass is 390 g/mol. The van der Waals surface area contributed by atoms with Gasteiger partial charge in [0.25, 0.3) is 17.3 Å². The highest BCUT2D eigenvalue weighted by Gasteiger charge is 2.24. The molecule has 24 heavy (non-hydrogen) atoms. The molecule has 1 heterocycles. The van der Waals surface area contributed by atoms with E-state index in [9.17, 15) is 20.2 Å². The van der Waals surface area contributed by atoms with Crippen molar-refractivity contribution in [3.05, 3.63) is 67.2 Å². The summed E-state index contributed by atoms with van der Waals surface area (Å²) in [5.41, 5.74) is -0.200. The lowest BCUT2D eigenvalue weighted by Gasteiger charge is -1.98. The van der Waals surface area contributed by atoms with Crippen molar-refractivity contribution in [3.8, 4) is 22.8 Å². The predicted molar refractivity (Wildman–Crippen MR) is 86.2 cm³/mol. The van der Waals surface area contributed by atoms with Crippen LogP contribution in [0.25, 0.3) is 22.8 Å². The van der Waals surface area contributed by atoms with Crippen LogP contribution in [0.15, 0.2) is 51.5 Å². The van der Waals surface area contributed by atoms with Crippen LogP contribution in [0.1, 0.15) is 0 Å². The molecule has 0 radical (unpaired) electrons. The average Bonchev–Trinajstić information content (AvgIpc) is 3.04. The zero-order chi connectivity index (χ0) is 17.3. The maximum Gasteiger partial charge on any atom is 0.289 e. The molecule has 0 N–H and O–H groups in total. The maximum absolute atomic E-state index is 11.2. The molecule has 0 atom stereocenters. The number of hydrogen-bond acceptors (Lipinski definition) is 7. The minimum absolute atomic E-state index is 0.0133. The smallest absolute Gasteiger partial charge is 0.289 e. The topological polar surface area (TPSA) is 125 Å². The van der Waals surface area contributed by atoms with E-state index in [0.29, 0.717) is 5.56 Å². The second-order valence-corrected chi connectivity index (χ2v) is 5.56. The van der Waals surface area contributed by atoms with Gasteiger partial charge >= 0.3 is 0 Å². The summed E-state index contributed by atoms with van der Waals surface area (Å²) in [5, 5.41) is 25.7. The van der Waals surface area contributed by atoms with E-state index in [0.717, 1.165) is 16.6 Å². The highest BCUT2D eigenvalue weighted by Crippen LogP contribution is 2.33. The number of halogens is 1. The molecule has 0 amide bonds. The molecule has 0 aliphatic rings. The van der Waals surface area contributed by atoms with Gasteiger partial charge in [-0.3, -0.25) is 20.2 Å². The molecule has 1 aromatic heterocycles. The van der Waals surface area contributed by atoms with Crippen molar-refractivity contribution in [3.63, 3.8) is 0 Å². The van der Waals surface area contributed by atoms with Crippen molar-refractivity contribution in [1.29, 1.82) is 0 Å². The number of rotatable bonds is 4. The summed E-state index contributed by atoms with van der Waals surface area (Å²) in [5.74, 6) is 0.158. The Morgan fingerprint density at radius 1 is 1.04 bits per heavy atom. The van der Waals surface area contributed by atoms with Crippen molar-refractivity contribution >= 4 is 27.3 Å². The zero-order valence-corrected chi connectivity index (χ0v) is 13.3. The molecule has 0 aliphatic carbocycles. The van der Waals surface area contributed by atoms with Crippen LogP contribution in [0.3, 0.4) is 0 Å². The Morgan fingerprint density at radius 3 is 2.50 bits per heavy atom. The van der Waals surface area contributed by atoms with E-state index in [-0.39, 0.29) is 17.3 Å². The Bertz CT molecular complexity index is 956. The number of nitro groups is 2. The number of benzene rings is 2. The summed E-state index contributed by atoms with van der Waals surface area (Å²) in [6, 6.07) is 10.3. The molecule has 120 valence electrons. The van der Waals surface area contributed by atoms with E-state index in [2.05, 4.69) is 26.1 Å². The van der Waals surface area contributed by atoms with Gasteiger partial charge in [0.05, 0.1) is 15.9 Å². The lowest BCUT2D eigenvalue weighted by atomic mass is 10.1. The Labute approximate surface area is 142 Å². The molecule has 0 fully saturated rings. The van der Waals surface area contributed by atoms with E-state index in [4.69, 9.17) is 4.52 Å². The molecule has 10 heteroatoms. The Kier molecular flexibility index (Phi) is 4.04. The first-order valence-corrected chi connectivity index (χ1v) is 7.28. The predicted octanol–water partition coefficient (Wildman–Crippen LogP) is 3.98. The van der Waals surface area contributed by atoms with Crippen molar-refractivity contribution in [2.24, 2.45) is 0 Å². The highest BCUT2D eigenvalue weighted by atomic mass is 79.9. The standard InChI is InChI=1S/C14H7BrN4O5/c15-9-3-1-2-8(6-9)13-16-14(24-17-13)11-5-4-10(18(20)21)7-12(11)19(22)23/h1-7H. The SMILES string of the molecule is O=[N+]([O-])c1ccc(-c2nc(-c3cccc(Br)c3)no2)c([N+](=O)[O-])c1. The van der Waals surface area contributed by atoms with Gasteiger partial charge in [-0.1, -0.05) is 33.2 Å². The van der Waals surface area contributed by atoms with E-state index in [1.807, 2.05) is 6.07 Å². The summed E-state index contributed by atoms with van der Waals surface area (Å²) in [4.78, 5) is 24.6. The molecule has 0 bridgehead atoms. The molecular weight excluding hydrogens is 384 g/mol. The summed E-state index contributed by atoms with van der Waals surface area (Å²) in [6.07, 6.45) is 0. The molecular formula is C14H7BrN4O5. The number of non-ortho nitro benzene ring substituents is 1. The van der Waals surface area contributed by atoms with Crippen LogP contribution in [-0.2, 0) is 0 Å². The van der Waals surface area contributed by atoms with Gasteiger partial charge < -0.3 is 4.52 Å². The van der Waals surface area contributed by atoms with Gasteiger partial charge in [0.1, 0.15) is 5.56 Å². The van der Waals surface area contributed by atoms with Crippen molar-refractivity contribution < 1.29 is 14.4 Å². The fourth-order valence-corrected chi connectivity index (χ4v) is 2.44. The lowest BCUT2D eigenvalue weighted by Crippen LogP contribution is -1.95.